The summed E-state index contributed by atoms with van der Waals surface area (Å²) < 4.78 is 6.90. The van der Waals surface area contributed by atoms with E-state index in [4.69, 9.17) is 4.74 Å². The van der Waals surface area contributed by atoms with Gasteiger partial charge in [-0.15, -0.1) is 0 Å². The van der Waals surface area contributed by atoms with E-state index < -0.39 is 5.97 Å². The molecule has 0 bridgehead atoms. The summed E-state index contributed by atoms with van der Waals surface area (Å²) in [5.41, 5.74) is 0.381. The highest BCUT2D eigenvalue weighted by atomic mass is 16.5. The first kappa shape index (κ1) is 12.9. The van der Waals surface area contributed by atoms with E-state index in [9.17, 15) is 14.4 Å². The van der Waals surface area contributed by atoms with Crippen LogP contribution < -0.4 is 0 Å². The lowest BCUT2D eigenvalue weighted by atomic mass is 10.3. The molecule has 0 saturated carbocycles. The van der Waals surface area contributed by atoms with Crippen molar-refractivity contribution in [3.63, 3.8) is 0 Å². The maximum Gasteiger partial charge on any atom is 0.361 e. The third-order valence-electron chi connectivity index (χ3n) is 2.47. The quantitative estimate of drug-likeness (QED) is 0.742. The lowest BCUT2D eigenvalue weighted by molar-refractivity contribution is 0.0520. The average molecular weight is 264 g/mol. The number of nitrogens with zero attached hydrogens (tertiary/aromatic N) is 4. The zero-order valence-electron chi connectivity index (χ0n) is 10.7. The third kappa shape index (κ3) is 2.01. The van der Waals surface area contributed by atoms with Crippen LogP contribution in [0.4, 0.5) is 0 Å². The number of aromatic nitrogens is 4. The van der Waals surface area contributed by atoms with Gasteiger partial charge in [-0.2, -0.15) is 19.6 Å². The third-order valence-corrected chi connectivity index (χ3v) is 2.47. The molecule has 0 N–H and O–H groups in total. The Balaban J connectivity index is 2.74. The summed E-state index contributed by atoms with van der Waals surface area (Å²) in [5.74, 6) is -1.47. The van der Waals surface area contributed by atoms with Crippen molar-refractivity contribution in [2.75, 3.05) is 6.61 Å². The van der Waals surface area contributed by atoms with Crippen molar-refractivity contribution in [3.8, 4) is 0 Å². The van der Waals surface area contributed by atoms with Gasteiger partial charge in [0.15, 0.2) is 5.69 Å². The molecule has 0 atom stereocenters. The summed E-state index contributed by atoms with van der Waals surface area (Å²) in [6, 6.07) is 0. The van der Waals surface area contributed by atoms with Gasteiger partial charge in [0.25, 0.3) is 0 Å². The van der Waals surface area contributed by atoms with E-state index in [2.05, 4.69) is 10.2 Å². The minimum Gasteiger partial charge on any atom is -0.461 e. The average Bonchev–Trinajstić information content (AvgIpc) is 2.86. The summed E-state index contributed by atoms with van der Waals surface area (Å²) >= 11 is 0. The molecular weight excluding hydrogens is 252 g/mol. The van der Waals surface area contributed by atoms with Crippen LogP contribution in [0, 0.1) is 0 Å². The standard InChI is InChI=1S/C11H12N4O4/c1-4-19-11(18)9-10-8(14(13-9)6(2)16)5-12-15(10)7(3)17/h5H,4H2,1-3H3. The fraction of sp³-hybridized carbons (Fsp3) is 0.364. The SMILES string of the molecule is CCOC(=O)c1nn(C(C)=O)c2cnn(C(C)=O)c12. The maximum atomic E-state index is 11.8. The second-order valence-corrected chi connectivity index (χ2v) is 3.81. The normalized spacial score (nSPS) is 10.7. The van der Waals surface area contributed by atoms with Gasteiger partial charge in [-0.1, -0.05) is 0 Å². The predicted octanol–water partition coefficient (Wildman–Crippen LogP) is 0.730. The molecule has 0 aliphatic rings. The Morgan fingerprint density at radius 1 is 1.21 bits per heavy atom. The van der Waals surface area contributed by atoms with E-state index in [0.29, 0.717) is 5.52 Å². The monoisotopic (exact) mass is 264 g/mol. The molecule has 0 saturated heterocycles. The Labute approximate surface area is 107 Å². The van der Waals surface area contributed by atoms with Gasteiger partial charge in [0.05, 0.1) is 12.8 Å². The highest BCUT2D eigenvalue weighted by Crippen LogP contribution is 2.19. The molecule has 19 heavy (non-hydrogen) atoms. The van der Waals surface area contributed by atoms with Crippen molar-refractivity contribution < 1.29 is 19.1 Å². The zero-order chi connectivity index (χ0) is 14.2. The molecule has 2 aromatic rings. The van der Waals surface area contributed by atoms with E-state index in [1.54, 1.807) is 6.92 Å². The van der Waals surface area contributed by atoms with Crippen LogP contribution in [0.2, 0.25) is 0 Å². The Bertz CT molecular complexity index is 670. The molecule has 2 aromatic heterocycles. The first-order valence-corrected chi connectivity index (χ1v) is 5.63. The molecule has 2 heterocycles. The van der Waals surface area contributed by atoms with Crippen LogP contribution in [-0.2, 0) is 4.74 Å². The van der Waals surface area contributed by atoms with Gasteiger partial charge in [0.1, 0.15) is 11.0 Å². The van der Waals surface area contributed by atoms with E-state index in [1.165, 1.54) is 20.0 Å². The maximum absolute atomic E-state index is 11.8. The Morgan fingerprint density at radius 2 is 1.84 bits per heavy atom. The minimum absolute atomic E-state index is 0.0975. The van der Waals surface area contributed by atoms with Gasteiger partial charge in [-0.25, -0.2) is 4.79 Å². The van der Waals surface area contributed by atoms with Crippen LogP contribution in [0.1, 0.15) is 40.8 Å². The van der Waals surface area contributed by atoms with Crippen molar-refractivity contribution in [3.05, 3.63) is 11.9 Å². The minimum atomic E-state index is -0.699. The molecule has 0 spiro atoms. The van der Waals surface area contributed by atoms with Crippen LogP contribution >= 0.6 is 0 Å². The van der Waals surface area contributed by atoms with E-state index in [-0.39, 0.29) is 29.6 Å². The molecule has 0 aliphatic carbocycles. The number of carbonyl (C=O) groups excluding carboxylic acids is 3. The van der Waals surface area contributed by atoms with Crippen molar-refractivity contribution in [1.82, 2.24) is 19.6 Å². The summed E-state index contributed by atoms with van der Waals surface area (Å²) in [5, 5.41) is 7.74. The summed E-state index contributed by atoms with van der Waals surface area (Å²) in [6.45, 7) is 4.42. The van der Waals surface area contributed by atoms with Gasteiger partial charge in [-0.05, 0) is 6.92 Å². The fourth-order valence-electron chi connectivity index (χ4n) is 1.73. The zero-order valence-corrected chi connectivity index (χ0v) is 10.7. The number of fused-ring (bicyclic) bond motifs is 1. The Kier molecular flexibility index (Phi) is 3.16. The second kappa shape index (κ2) is 4.63. The smallest absolute Gasteiger partial charge is 0.361 e. The largest absolute Gasteiger partial charge is 0.461 e. The van der Waals surface area contributed by atoms with Gasteiger partial charge < -0.3 is 4.74 Å². The van der Waals surface area contributed by atoms with Crippen LogP contribution in [0.5, 0.6) is 0 Å². The van der Waals surface area contributed by atoms with E-state index in [1.807, 2.05) is 0 Å². The number of carbonyl (C=O) groups is 3. The fourth-order valence-corrected chi connectivity index (χ4v) is 1.73. The van der Waals surface area contributed by atoms with Crippen molar-refractivity contribution in [1.29, 1.82) is 0 Å². The molecule has 8 nitrogen and oxygen atoms in total. The molecule has 0 aromatic carbocycles. The summed E-state index contributed by atoms with van der Waals surface area (Å²) in [6.07, 6.45) is 1.31. The number of hydrogen-bond donors (Lipinski definition) is 0. The molecule has 0 unspecified atom stereocenters. The summed E-state index contributed by atoms with van der Waals surface area (Å²) in [4.78, 5) is 34.7. The number of esters is 1. The van der Waals surface area contributed by atoms with Crippen LogP contribution in [0.3, 0.4) is 0 Å². The second-order valence-electron chi connectivity index (χ2n) is 3.81. The molecule has 0 aliphatic heterocycles. The molecule has 8 heteroatoms. The van der Waals surface area contributed by atoms with Gasteiger partial charge in [0, 0.05) is 13.8 Å². The van der Waals surface area contributed by atoms with E-state index >= 15 is 0 Å². The Morgan fingerprint density at radius 3 is 2.37 bits per heavy atom. The van der Waals surface area contributed by atoms with Crippen molar-refractivity contribution >= 4 is 28.8 Å². The molecule has 0 radical (unpaired) electrons. The lowest BCUT2D eigenvalue weighted by Crippen LogP contribution is -2.13. The highest BCUT2D eigenvalue weighted by Gasteiger charge is 2.25. The van der Waals surface area contributed by atoms with Gasteiger partial charge in [-0.3, -0.25) is 9.59 Å². The van der Waals surface area contributed by atoms with Crippen LogP contribution in [-0.4, -0.2) is 44.0 Å². The lowest BCUT2D eigenvalue weighted by Gasteiger charge is -1.99. The number of ether oxygens (including phenoxy) is 1. The highest BCUT2D eigenvalue weighted by molar-refractivity contribution is 6.05. The van der Waals surface area contributed by atoms with Crippen molar-refractivity contribution in [2.24, 2.45) is 0 Å². The molecule has 100 valence electrons. The van der Waals surface area contributed by atoms with Gasteiger partial charge >= 0.3 is 5.97 Å². The molecule has 0 amide bonds. The van der Waals surface area contributed by atoms with Crippen LogP contribution in [0.25, 0.3) is 11.0 Å². The first-order valence-electron chi connectivity index (χ1n) is 5.63. The number of rotatable bonds is 2. The van der Waals surface area contributed by atoms with Gasteiger partial charge in [0.2, 0.25) is 11.8 Å². The molecule has 0 fully saturated rings. The Hall–Kier alpha value is -2.51. The molecular formula is C11H12N4O4. The predicted molar refractivity (Wildman–Crippen MR) is 64.1 cm³/mol. The first-order chi connectivity index (χ1) is 8.97. The summed E-state index contributed by atoms with van der Waals surface area (Å²) in [7, 11) is 0. The number of hydrogen-bond acceptors (Lipinski definition) is 6. The van der Waals surface area contributed by atoms with Crippen LogP contribution in [0.15, 0.2) is 6.20 Å². The van der Waals surface area contributed by atoms with Crippen molar-refractivity contribution in [2.45, 2.75) is 20.8 Å². The molecule has 2 rings (SSSR count). The topological polar surface area (TPSA) is 96.1 Å². The van der Waals surface area contributed by atoms with E-state index in [0.717, 1.165) is 9.36 Å².